The third-order valence-electron chi connectivity index (χ3n) is 10.9. The van der Waals surface area contributed by atoms with Crippen molar-refractivity contribution in [3.8, 4) is 0 Å². The molecule has 0 aliphatic rings. The largest absolute Gasteiger partial charge is 0.462 e. The number of rotatable bonds is 45. The zero-order chi connectivity index (χ0) is 41.5. The predicted octanol–water partition coefficient (Wildman–Crippen LogP) is 16.0. The molecule has 57 heavy (non-hydrogen) atoms. The van der Waals surface area contributed by atoms with Gasteiger partial charge in [-0.05, 0) is 70.6 Å². The van der Waals surface area contributed by atoms with E-state index in [4.69, 9.17) is 14.2 Å². The highest BCUT2D eigenvalue weighted by Gasteiger charge is 2.19. The van der Waals surface area contributed by atoms with E-state index < -0.39 is 6.10 Å². The average molecular weight is 803 g/mol. The SMILES string of the molecule is CCCCCCCC/C=C\CCCCCCCC(=O)OC(COC(=O)CCCCCCCC)COC(=O)CCCCCCCCC/C=C\CCCCCCCCC. The van der Waals surface area contributed by atoms with Gasteiger partial charge in [0, 0.05) is 19.3 Å². The van der Waals surface area contributed by atoms with Crippen LogP contribution in [0.1, 0.15) is 265 Å². The third kappa shape index (κ3) is 44.8. The molecule has 0 spiro atoms. The second-order valence-corrected chi connectivity index (χ2v) is 16.7. The summed E-state index contributed by atoms with van der Waals surface area (Å²) in [5, 5.41) is 0. The second-order valence-electron chi connectivity index (χ2n) is 16.7. The number of esters is 3. The van der Waals surface area contributed by atoms with Crippen molar-refractivity contribution in [2.24, 2.45) is 0 Å². The maximum absolute atomic E-state index is 12.7. The highest BCUT2D eigenvalue weighted by Crippen LogP contribution is 2.14. The Morgan fingerprint density at radius 1 is 0.333 bits per heavy atom. The van der Waals surface area contributed by atoms with E-state index >= 15 is 0 Å². The van der Waals surface area contributed by atoms with Gasteiger partial charge in [0.05, 0.1) is 0 Å². The van der Waals surface area contributed by atoms with Gasteiger partial charge >= 0.3 is 17.9 Å². The van der Waals surface area contributed by atoms with Crippen LogP contribution < -0.4 is 0 Å². The fraction of sp³-hybridized carbons (Fsp3) is 0.863. The van der Waals surface area contributed by atoms with Crippen molar-refractivity contribution in [1.82, 2.24) is 0 Å². The summed E-state index contributed by atoms with van der Waals surface area (Å²) in [4.78, 5) is 37.7. The van der Waals surface area contributed by atoms with Gasteiger partial charge in [0.1, 0.15) is 13.2 Å². The predicted molar refractivity (Wildman–Crippen MR) is 243 cm³/mol. The van der Waals surface area contributed by atoms with Crippen LogP contribution in [0.4, 0.5) is 0 Å². The molecular weight excluding hydrogens is 709 g/mol. The fourth-order valence-electron chi connectivity index (χ4n) is 7.14. The van der Waals surface area contributed by atoms with Crippen molar-refractivity contribution in [2.75, 3.05) is 13.2 Å². The van der Waals surface area contributed by atoms with E-state index in [0.29, 0.717) is 19.3 Å². The number of hydrogen-bond donors (Lipinski definition) is 0. The summed E-state index contributed by atoms with van der Waals surface area (Å²) < 4.78 is 16.7. The standard InChI is InChI=1S/C51H94O6/c1-4-7-10-13-16-18-20-22-24-25-26-28-29-31-33-35-38-41-44-50(53)56-47-48(46-55-49(52)43-40-37-15-12-9-6-3)57-51(54)45-42-39-36-34-32-30-27-23-21-19-17-14-11-8-5-2/h23-25,27,48H,4-22,26,28-47H2,1-3H3/b25-24-,27-23-. The molecule has 0 saturated heterocycles. The molecule has 0 heterocycles. The summed E-state index contributed by atoms with van der Waals surface area (Å²) in [7, 11) is 0. The highest BCUT2D eigenvalue weighted by molar-refractivity contribution is 5.71. The molecule has 1 atom stereocenters. The van der Waals surface area contributed by atoms with Gasteiger partial charge in [-0.3, -0.25) is 14.4 Å². The maximum Gasteiger partial charge on any atom is 0.306 e. The van der Waals surface area contributed by atoms with Crippen LogP contribution >= 0.6 is 0 Å². The van der Waals surface area contributed by atoms with Crippen LogP contribution in [0.15, 0.2) is 24.3 Å². The first-order valence-corrected chi connectivity index (χ1v) is 24.8. The van der Waals surface area contributed by atoms with Crippen LogP contribution in [0.25, 0.3) is 0 Å². The topological polar surface area (TPSA) is 78.9 Å². The monoisotopic (exact) mass is 803 g/mol. The molecule has 6 nitrogen and oxygen atoms in total. The number of carbonyl (C=O) groups is 3. The number of ether oxygens (including phenoxy) is 3. The molecule has 0 aromatic carbocycles. The molecule has 0 saturated carbocycles. The Hall–Kier alpha value is -2.11. The van der Waals surface area contributed by atoms with Gasteiger partial charge in [0.2, 0.25) is 0 Å². The second kappa shape index (κ2) is 46.6. The van der Waals surface area contributed by atoms with Crippen LogP contribution in [0.5, 0.6) is 0 Å². The number of carbonyl (C=O) groups excluding carboxylic acids is 3. The van der Waals surface area contributed by atoms with Crippen LogP contribution in [0, 0.1) is 0 Å². The molecule has 0 aliphatic heterocycles. The molecule has 334 valence electrons. The summed E-state index contributed by atoms with van der Waals surface area (Å²) in [6.45, 7) is 6.58. The van der Waals surface area contributed by atoms with Gasteiger partial charge in [0.15, 0.2) is 6.10 Å². The van der Waals surface area contributed by atoms with Gasteiger partial charge in [-0.25, -0.2) is 0 Å². The summed E-state index contributed by atoms with van der Waals surface area (Å²) in [6.07, 6.45) is 51.8. The van der Waals surface area contributed by atoms with Gasteiger partial charge < -0.3 is 14.2 Å². The minimum Gasteiger partial charge on any atom is -0.462 e. The Morgan fingerprint density at radius 2 is 0.579 bits per heavy atom. The van der Waals surface area contributed by atoms with E-state index in [1.165, 1.54) is 161 Å². The number of unbranched alkanes of at least 4 members (excludes halogenated alkanes) is 30. The molecule has 6 heteroatoms. The van der Waals surface area contributed by atoms with Crippen LogP contribution in [0.3, 0.4) is 0 Å². The van der Waals surface area contributed by atoms with E-state index in [9.17, 15) is 14.4 Å². The highest BCUT2D eigenvalue weighted by atomic mass is 16.6. The van der Waals surface area contributed by atoms with Crippen molar-refractivity contribution in [3.05, 3.63) is 24.3 Å². The van der Waals surface area contributed by atoms with E-state index in [2.05, 4.69) is 45.1 Å². The Labute approximate surface area is 353 Å². The minimum atomic E-state index is -0.770. The average Bonchev–Trinajstić information content (AvgIpc) is 3.21. The normalized spacial score (nSPS) is 12.1. The quantitative estimate of drug-likeness (QED) is 0.0264. The molecule has 0 aromatic rings. The molecule has 0 fully saturated rings. The first-order valence-electron chi connectivity index (χ1n) is 24.8. The molecule has 0 amide bonds. The van der Waals surface area contributed by atoms with Crippen molar-refractivity contribution < 1.29 is 28.6 Å². The smallest absolute Gasteiger partial charge is 0.306 e. The first-order chi connectivity index (χ1) is 28.0. The summed E-state index contributed by atoms with van der Waals surface area (Å²) in [5.74, 6) is -0.888. The van der Waals surface area contributed by atoms with Crippen molar-refractivity contribution >= 4 is 17.9 Å². The van der Waals surface area contributed by atoms with Crippen LogP contribution in [0.2, 0.25) is 0 Å². The van der Waals surface area contributed by atoms with Crippen LogP contribution in [-0.2, 0) is 28.6 Å². The Kier molecular flexibility index (Phi) is 44.9. The lowest BCUT2D eigenvalue weighted by Gasteiger charge is -2.18. The summed E-state index contributed by atoms with van der Waals surface area (Å²) in [5.41, 5.74) is 0. The van der Waals surface area contributed by atoms with Crippen molar-refractivity contribution in [2.45, 2.75) is 271 Å². The Bertz CT molecular complexity index is 927. The fourth-order valence-corrected chi connectivity index (χ4v) is 7.14. The van der Waals surface area contributed by atoms with Crippen molar-refractivity contribution in [3.63, 3.8) is 0 Å². The van der Waals surface area contributed by atoms with E-state index in [0.717, 1.165) is 64.2 Å². The summed E-state index contributed by atoms with van der Waals surface area (Å²) in [6, 6.07) is 0. The van der Waals surface area contributed by atoms with Crippen LogP contribution in [-0.4, -0.2) is 37.2 Å². The molecule has 0 rings (SSSR count). The number of hydrogen-bond acceptors (Lipinski definition) is 6. The maximum atomic E-state index is 12.7. The third-order valence-corrected chi connectivity index (χ3v) is 10.9. The molecule has 0 aromatic heterocycles. The van der Waals surface area contributed by atoms with Gasteiger partial charge in [-0.2, -0.15) is 0 Å². The lowest BCUT2D eigenvalue weighted by molar-refractivity contribution is -0.167. The van der Waals surface area contributed by atoms with E-state index in [-0.39, 0.29) is 31.1 Å². The van der Waals surface area contributed by atoms with E-state index in [1.807, 2.05) is 0 Å². The summed E-state index contributed by atoms with van der Waals surface area (Å²) >= 11 is 0. The Morgan fingerprint density at radius 3 is 0.877 bits per heavy atom. The van der Waals surface area contributed by atoms with E-state index in [1.54, 1.807) is 0 Å². The van der Waals surface area contributed by atoms with Gasteiger partial charge in [-0.15, -0.1) is 0 Å². The minimum absolute atomic E-state index is 0.0744. The molecule has 1 unspecified atom stereocenters. The molecular formula is C51H94O6. The lowest BCUT2D eigenvalue weighted by atomic mass is 10.1. The molecule has 0 aliphatic carbocycles. The van der Waals surface area contributed by atoms with Crippen molar-refractivity contribution in [1.29, 1.82) is 0 Å². The first kappa shape index (κ1) is 54.9. The number of allylic oxidation sites excluding steroid dienone is 4. The molecule has 0 N–H and O–H groups in total. The molecule has 0 radical (unpaired) electrons. The zero-order valence-corrected chi connectivity index (χ0v) is 38.1. The molecule has 0 bridgehead atoms. The van der Waals surface area contributed by atoms with Gasteiger partial charge in [-0.1, -0.05) is 199 Å². The van der Waals surface area contributed by atoms with Gasteiger partial charge in [0.25, 0.3) is 0 Å². The zero-order valence-electron chi connectivity index (χ0n) is 38.1. The Balaban J connectivity index is 4.22. The lowest BCUT2D eigenvalue weighted by Crippen LogP contribution is -2.30.